The molecule has 0 aliphatic heterocycles. The molecule has 0 amide bonds. The second-order valence-corrected chi connectivity index (χ2v) is 6.10. The van der Waals surface area contributed by atoms with E-state index in [4.69, 9.17) is 5.73 Å². The van der Waals surface area contributed by atoms with Crippen molar-refractivity contribution >= 4 is 27.4 Å². The van der Waals surface area contributed by atoms with Gasteiger partial charge in [0.1, 0.15) is 16.5 Å². The van der Waals surface area contributed by atoms with Gasteiger partial charge in [-0.15, -0.1) is 11.3 Å². The summed E-state index contributed by atoms with van der Waals surface area (Å²) in [6.07, 6.45) is 4.89. The zero-order chi connectivity index (χ0) is 12.0. The van der Waals surface area contributed by atoms with Gasteiger partial charge < -0.3 is 5.73 Å². The van der Waals surface area contributed by atoms with Gasteiger partial charge in [-0.2, -0.15) is 0 Å². The number of rotatable bonds is 1. The number of anilines is 1. The van der Waals surface area contributed by atoms with Crippen molar-refractivity contribution in [3.63, 3.8) is 0 Å². The lowest BCUT2D eigenvalue weighted by molar-refractivity contribution is 0.700. The normalized spacial score (nSPS) is 15.5. The van der Waals surface area contributed by atoms with Crippen LogP contribution in [0.5, 0.6) is 0 Å². The molecular formula is C13H17N3S. The molecule has 1 aliphatic rings. The van der Waals surface area contributed by atoms with Gasteiger partial charge in [-0.3, -0.25) is 0 Å². The van der Waals surface area contributed by atoms with Gasteiger partial charge in [-0.05, 0) is 31.2 Å². The van der Waals surface area contributed by atoms with Crippen LogP contribution in [0.15, 0.2) is 0 Å². The number of hydrogen-bond acceptors (Lipinski definition) is 4. The molecule has 90 valence electrons. The lowest BCUT2D eigenvalue weighted by Crippen LogP contribution is -2.03. The Morgan fingerprint density at radius 1 is 1.18 bits per heavy atom. The van der Waals surface area contributed by atoms with Crippen LogP contribution in [-0.2, 0) is 12.8 Å². The highest BCUT2D eigenvalue weighted by atomic mass is 32.1. The second-order valence-electron chi connectivity index (χ2n) is 5.01. The van der Waals surface area contributed by atoms with E-state index in [9.17, 15) is 0 Å². The number of nitrogens with zero attached hydrogens (tertiary/aromatic N) is 2. The highest BCUT2D eigenvalue weighted by molar-refractivity contribution is 7.19. The van der Waals surface area contributed by atoms with E-state index >= 15 is 0 Å². The van der Waals surface area contributed by atoms with Gasteiger partial charge in [0.2, 0.25) is 0 Å². The van der Waals surface area contributed by atoms with Crippen molar-refractivity contribution in [1.29, 1.82) is 0 Å². The fourth-order valence-electron chi connectivity index (χ4n) is 2.46. The van der Waals surface area contributed by atoms with Crippen molar-refractivity contribution in [3.05, 3.63) is 16.3 Å². The van der Waals surface area contributed by atoms with Crippen LogP contribution in [-0.4, -0.2) is 9.97 Å². The summed E-state index contributed by atoms with van der Waals surface area (Å²) >= 11 is 1.81. The first-order valence-corrected chi connectivity index (χ1v) is 7.06. The first-order chi connectivity index (χ1) is 8.16. The van der Waals surface area contributed by atoms with E-state index in [1.54, 1.807) is 0 Å². The summed E-state index contributed by atoms with van der Waals surface area (Å²) in [5, 5.41) is 1.13. The molecular weight excluding hydrogens is 230 g/mol. The van der Waals surface area contributed by atoms with Crippen LogP contribution < -0.4 is 5.73 Å². The molecule has 0 spiro atoms. The van der Waals surface area contributed by atoms with Crippen LogP contribution in [0.25, 0.3) is 10.2 Å². The van der Waals surface area contributed by atoms with Gasteiger partial charge in [0.05, 0.1) is 5.39 Å². The lowest BCUT2D eigenvalue weighted by atomic mass is 9.97. The molecule has 2 N–H and O–H groups in total. The molecule has 3 rings (SSSR count). The average Bonchev–Trinajstić information content (AvgIpc) is 2.67. The summed E-state index contributed by atoms with van der Waals surface area (Å²) in [6, 6.07) is 0. The van der Waals surface area contributed by atoms with Gasteiger partial charge in [-0.1, -0.05) is 13.8 Å². The maximum atomic E-state index is 6.12. The van der Waals surface area contributed by atoms with Crippen LogP contribution in [0.2, 0.25) is 0 Å². The van der Waals surface area contributed by atoms with Crippen molar-refractivity contribution in [1.82, 2.24) is 9.97 Å². The van der Waals surface area contributed by atoms with E-state index in [2.05, 4.69) is 23.8 Å². The van der Waals surface area contributed by atoms with Crippen molar-refractivity contribution < 1.29 is 0 Å². The molecule has 1 aliphatic carbocycles. The average molecular weight is 247 g/mol. The number of aromatic nitrogens is 2. The minimum Gasteiger partial charge on any atom is -0.383 e. The maximum Gasteiger partial charge on any atom is 0.136 e. The number of hydrogen-bond donors (Lipinski definition) is 1. The van der Waals surface area contributed by atoms with Gasteiger partial charge >= 0.3 is 0 Å². The lowest BCUT2D eigenvalue weighted by Gasteiger charge is -2.11. The maximum absolute atomic E-state index is 6.12. The van der Waals surface area contributed by atoms with E-state index in [1.807, 2.05) is 11.3 Å². The number of nitrogens with two attached hydrogens (primary N) is 1. The predicted octanol–water partition coefficient (Wildman–Crippen LogP) is 3.28. The monoisotopic (exact) mass is 247 g/mol. The Balaban J connectivity index is 2.27. The number of thiophene rings is 1. The Bertz CT molecular complexity index is 572. The molecule has 0 saturated heterocycles. The number of fused-ring (bicyclic) bond motifs is 3. The molecule has 2 heterocycles. The molecule has 2 aromatic heterocycles. The van der Waals surface area contributed by atoms with Crippen LogP contribution in [0.1, 0.15) is 48.9 Å². The molecule has 4 heteroatoms. The Labute approximate surface area is 105 Å². The third-order valence-corrected chi connectivity index (χ3v) is 4.56. The minimum atomic E-state index is 0.334. The Morgan fingerprint density at radius 3 is 2.71 bits per heavy atom. The number of aryl methyl sites for hydroxylation is 2. The molecule has 2 aromatic rings. The fraction of sp³-hybridized carbons (Fsp3) is 0.538. The standard InChI is InChI=1S/C13H17N3S/c1-7(2)12-15-11(14)10-8-5-3-4-6-9(8)17-13(10)16-12/h7H,3-6H2,1-2H3,(H2,14,15,16). The molecule has 0 atom stereocenters. The Hall–Kier alpha value is -1.16. The van der Waals surface area contributed by atoms with Crippen LogP contribution in [0, 0.1) is 0 Å². The van der Waals surface area contributed by atoms with E-state index in [0.29, 0.717) is 11.7 Å². The largest absolute Gasteiger partial charge is 0.383 e. The van der Waals surface area contributed by atoms with Crippen LogP contribution in [0.4, 0.5) is 5.82 Å². The van der Waals surface area contributed by atoms with E-state index < -0.39 is 0 Å². The highest BCUT2D eigenvalue weighted by Gasteiger charge is 2.20. The summed E-state index contributed by atoms with van der Waals surface area (Å²) in [5.74, 6) is 1.88. The quantitative estimate of drug-likeness (QED) is 0.841. The van der Waals surface area contributed by atoms with Crippen molar-refractivity contribution in [3.8, 4) is 0 Å². The summed E-state index contributed by atoms with van der Waals surface area (Å²) < 4.78 is 0. The van der Waals surface area contributed by atoms with Crippen molar-refractivity contribution in [2.45, 2.75) is 45.4 Å². The molecule has 0 fully saturated rings. The predicted molar refractivity (Wildman–Crippen MR) is 72.6 cm³/mol. The van der Waals surface area contributed by atoms with Gasteiger partial charge in [0, 0.05) is 10.8 Å². The molecule has 0 bridgehead atoms. The fourth-order valence-corrected chi connectivity index (χ4v) is 3.74. The third-order valence-electron chi connectivity index (χ3n) is 3.38. The Kier molecular flexibility index (Phi) is 2.54. The van der Waals surface area contributed by atoms with Gasteiger partial charge in [0.15, 0.2) is 0 Å². The molecule has 0 radical (unpaired) electrons. The molecule has 0 saturated carbocycles. The summed E-state index contributed by atoms with van der Waals surface area (Å²) in [6.45, 7) is 4.21. The summed E-state index contributed by atoms with van der Waals surface area (Å²) in [5.41, 5.74) is 7.54. The summed E-state index contributed by atoms with van der Waals surface area (Å²) in [4.78, 5) is 11.7. The highest BCUT2D eigenvalue weighted by Crippen LogP contribution is 2.38. The van der Waals surface area contributed by atoms with E-state index in [0.717, 1.165) is 22.5 Å². The van der Waals surface area contributed by atoms with Gasteiger partial charge in [-0.25, -0.2) is 9.97 Å². The topological polar surface area (TPSA) is 51.8 Å². The first kappa shape index (κ1) is 11.0. The number of nitrogen functional groups attached to an aromatic ring is 1. The van der Waals surface area contributed by atoms with Crippen LogP contribution >= 0.6 is 11.3 Å². The van der Waals surface area contributed by atoms with Crippen LogP contribution in [0.3, 0.4) is 0 Å². The summed E-state index contributed by atoms with van der Waals surface area (Å²) in [7, 11) is 0. The molecule has 17 heavy (non-hydrogen) atoms. The zero-order valence-corrected chi connectivity index (χ0v) is 11.1. The SMILES string of the molecule is CC(C)c1nc(N)c2c3c(sc2n1)CCCC3. The van der Waals surface area contributed by atoms with Crippen molar-refractivity contribution in [2.24, 2.45) is 0 Å². The second kappa shape index (κ2) is 3.95. The van der Waals surface area contributed by atoms with Gasteiger partial charge in [0.25, 0.3) is 0 Å². The Morgan fingerprint density at radius 2 is 1.94 bits per heavy atom. The third kappa shape index (κ3) is 1.71. The van der Waals surface area contributed by atoms with E-state index in [1.165, 1.54) is 29.7 Å². The zero-order valence-electron chi connectivity index (χ0n) is 10.3. The van der Waals surface area contributed by atoms with E-state index in [-0.39, 0.29) is 0 Å². The minimum absolute atomic E-state index is 0.334. The van der Waals surface area contributed by atoms with Crippen molar-refractivity contribution in [2.75, 3.05) is 5.73 Å². The smallest absolute Gasteiger partial charge is 0.136 e. The molecule has 3 nitrogen and oxygen atoms in total. The molecule has 0 unspecified atom stereocenters. The first-order valence-electron chi connectivity index (χ1n) is 6.24. The molecule has 0 aromatic carbocycles.